The Labute approximate surface area is 138 Å². The van der Waals surface area contributed by atoms with Crippen LogP contribution >= 0.6 is 15.9 Å². The maximum absolute atomic E-state index is 4.51. The molecule has 3 rings (SSSR count). The van der Waals surface area contributed by atoms with Crippen molar-refractivity contribution in [2.45, 2.75) is 25.9 Å². The van der Waals surface area contributed by atoms with Crippen molar-refractivity contribution in [3.05, 3.63) is 58.7 Å². The summed E-state index contributed by atoms with van der Waals surface area (Å²) in [6.45, 7) is 2.97. The summed E-state index contributed by atoms with van der Waals surface area (Å²) in [6, 6.07) is 8.64. The molecule has 0 amide bonds. The van der Waals surface area contributed by atoms with Crippen LogP contribution in [0.4, 0.5) is 0 Å². The largest absolute Gasteiger partial charge is 0.338 e. The Morgan fingerprint density at radius 3 is 2.91 bits per heavy atom. The van der Waals surface area contributed by atoms with Crippen LogP contribution in [-0.4, -0.2) is 20.6 Å². The summed E-state index contributed by atoms with van der Waals surface area (Å²) in [5.74, 6) is 1.09. The number of nitrogens with zero attached hydrogens (tertiary/aromatic N) is 3. The zero-order valence-electron chi connectivity index (χ0n) is 12.8. The highest BCUT2D eigenvalue weighted by Gasteiger charge is 2.09. The van der Waals surface area contributed by atoms with Crippen molar-refractivity contribution in [1.29, 1.82) is 0 Å². The minimum Gasteiger partial charge on any atom is -0.338 e. The quantitative estimate of drug-likeness (QED) is 0.759. The number of hydrogen-bond acceptors (Lipinski definition) is 3. The second-order valence-electron chi connectivity index (χ2n) is 5.58. The smallest absolute Gasteiger partial charge is 0.109 e. The number of pyridine rings is 1. The molecule has 0 bridgehead atoms. The third-order valence-corrected chi connectivity index (χ3v) is 4.26. The predicted octanol–water partition coefficient (Wildman–Crippen LogP) is 3.45. The summed E-state index contributed by atoms with van der Waals surface area (Å²) in [5.41, 5.74) is 2.26. The molecule has 0 spiro atoms. The second-order valence-corrected chi connectivity index (χ2v) is 6.50. The van der Waals surface area contributed by atoms with E-state index in [4.69, 9.17) is 0 Å². The van der Waals surface area contributed by atoms with E-state index in [1.54, 1.807) is 0 Å². The fourth-order valence-electron chi connectivity index (χ4n) is 2.59. The summed E-state index contributed by atoms with van der Waals surface area (Å²) in [5, 5.41) is 4.73. The fourth-order valence-corrected chi connectivity index (χ4v) is 3.11. The molecule has 0 aliphatic carbocycles. The Hall–Kier alpha value is -1.72. The second kappa shape index (κ2) is 6.58. The Bertz CT molecular complexity index is 781. The van der Waals surface area contributed by atoms with Gasteiger partial charge in [0.1, 0.15) is 5.82 Å². The molecule has 5 heteroatoms. The SMILES string of the molecule is CC(Cc1nccn1C)NCc1cc(Br)cc2cccnc12. The molecule has 22 heavy (non-hydrogen) atoms. The highest BCUT2D eigenvalue weighted by molar-refractivity contribution is 9.10. The van der Waals surface area contributed by atoms with Crippen molar-refractivity contribution < 1.29 is 0 Å². The first-order valence-electron chi connectivity index (χ1n) is 7.36. The van der Waals surface area contributed by atoms with Gasteiger partial charge in [0.25, 0.3) is 0 Å². The number of aromatic nitrogens is 3. The lowest BCUT2D eigenvalue weighted by Gasteiger charge is -2.15. The van der Waals surface area contributed by atoms with Gasteiger partial charge in [-0.2, -0.15) is 0 Å². The standard InChI is InChI=1S/C17H19BrN4/c1-12(8-16-19-6-7-22(16)2)21-11-14-10-15(18)9-13-4-3-5-20-17(13)14/h3-7,9-10,12,21H,8,11H2,1-2H3. The molecule has 0 saturated carbocycles. The van der Waals surface area contributed by atoms with Crippen LogP contribution in [0, 0.1) is 0 Å². The topological polar surface area (TPSA) is 42.7 Å². The molecule has 4 nitrogen and oxygen atoms in total. The summed E-state index contributed by atoms with van der Waals surface area (Å²) < 4.78 is 3.15. The number of aryl methyl sites for hydroxylation is 1. The minimum atomic E-state index is 0.346. The van der Waals surface area contributed by atoms with Gasteiger partial charge in [0, 0.05) is 54.5 Å². The van der Waals surface area contributed by atoms with Crippen LogP contribution in [-0.2, 0) is 20.0 Å². The van der Waals surface area contributed by atoms with Gasteiger partial charge in [0.05, 0.1) is 5.52 Å². The highest BCUT2D eigenvalue weighted by Crippen LogP contribution is 2.22. The van der Waals surface area contributed by atoms with Gasteiger partial charge in [-0.3, -0.25) is 4.98 Å². The molecule has 3 aromatic rings. The molecule has 0 fully saturated rings. The number of halogens is 1. The van der Waals surface area contributed by atoms with E-state index in [9.17, 15) is 0 Å². The number of fused-ring (bicyclic) bond motifs is 1. The van der Waals surface area contributed by atoms with Crippen molar-refractivity contribution in [3.8, 4) is 0 Å². The first-order chi connectivity index (χ1) is 10.6. The third kappa shape index (κ3) is 3.36. The van der Waals surface area contributed by atoms with Crippen molar-refractivity contribution in [2.24, 2.45) is 7.05 Å². The van der Waals surface area contributed by atoms with Gasteiger partial charge in [-0.15, -0.1) is 0 Å². The summed E-state index contributed by atoms with van der Waals surface area (Å²) in [7, 11) is 2.03. The van der Waals surface area contributed by atoms with Gasteiger partial charge in [-0.05, 0) is 30.7 Å². The molecule has 2 aromatic heterocycles. The first kappa shape index (κ1) is 15.2. The van der Waals surface area contributed by atoms with Crippen LogP contribution in [0.25, 0.3) is 10.9 Å². The van der Waals surface area contributed by atoms with E-state index in [1.807, 2.05) is 31.7 Å². The maximum atomic E-state index is 4.51. The number of nitrogens with one attached hydrogen (secondary N) is 1. The van der Waals surface area contributed by atoms with Crippen LogP contribution in [0.5, 0.6) is 0 Å². The van der Waals surface area contributed by atoms with Crippen LogP contribution in [0.3, 0.4) is 0 Å². The zero-order valence-corrected chi connectivity index (χ0v) is 14.3. The predicted molar refractivity (Wildman–Crippen MR) is 92.7 cm³/mol. The molecule has 0 aliphatic rings. The van der Waals surface area contributed by atoms with Crippen LogP contribution < -0.4 is 5.32 Å². The Balaban J connectivity index is 1.72. The molecular formula is C17H19BrN4. The van der Waals surface area contributed by atoms with Crippen LogP contribution in [0.1, 0.15) is 18.3 Å². The van der Waals surface area contributed by atoms with Crippen molar-refractivity contribution in [2.75, 3.05) is 0 Å². The van der Waals surface area contributed by atoms with Gasteiger partial charge in [0.2, 0.25) is 0 Å². The number of rotatable bonds is 5. The maximum Gasteiger partial charge on any atom is 0.109 e. The van der Waals surface area contributed by atoms with E-state index in [-0.39, 0.29) is 0 Å². The molecule has 0 saturated heterocycles. The van der Waals surface area contributed by atoms with Gasteiger partial charge < -0.3 is 9.88 Å². The van der Waals surface area contributed by atoms with Gasteiger partial charge >= 0.3 is 0 Å². The number of hydrogen-bond donors (Lipinski definition) is 1. The van der Waals surface area contributed by atoms with E-state index >= 15 is 0 Å². The third-order valence-electron chi connectivity index (χ3n) is 3.80. The van der Waals surface area contributed by atoms with Crippen LogP contribution in [0.15, 0.2) is 47.3 Å². The summed E-state index contributed by atoms with van der Waals surface area (Å²) in [6.07, 6.45) is 6.57. The van der Waals surface area contributed by atoms with E-state index in [0.29, 0.717) is 6.04 Å². The van der Waals surface area contributed by atoms with Crippen molar-refractivity contribution in [1.82, 2.24) is 19.9 Å². The molecule has 1 unspecified atom stereocenters. The summed E-state index contributed by atoms with van der Waals surface area (Å²) >= 11 is 3.58. The lowest BCUT2D eigenvalue weighted by molar-refractivity contribution is 0.527. The monoisotopic (exact) mass is 358 g/mol. The molecular weight excluding hydrogens is 340 g/mol. The molecule has 0 aliphatic heterocycles. The average molecular weight is 359 g/mol. The van der Waals surface area contributed by atoms with E-state index in [2.05, 4.69) is 60.9 Å². The average Bonchev–Trinajstić information content (AvgIpc) is 2.90. The first-order valence-corrected chi connectivity index (χ1v) is 8.15. The molecule has 114 valence electrons. The number of benzene rings is 1. The van der Waals surface area contributed by atoms with Gasteiger partial charge in [0.15, 0.2) is 0 Å². The van der Waals surface area contributed by atoms with Gasteiger partial charge in [-0.25, -0.2) is 4.98 Å². The molecule has 1 aromatic carbocycles. The van der Waals surface area contributed by atoms with Crippen molar-refractivity contribution in [3.63, 3.8) is 0 Å². The Morgan fingerprint density at radius 2 is 2.14 bits per heavy atom. The fraction of sp³-hybridized carbons (Fsp3) is 0.294. The molecule has 2 heterocycles. The molecule has 1 atom stereocenters. The Kier molecular flexibility index (Phi) is 4.55. The van der Waals surface area contributed by atoms with Crippen molar-refractivity contribution >= 4 is 26.8 Å². The van der Waals surface area contributed by atoms with Crippen LogP contribution in [0.2, 0.25) is 0 Å². The lowest BCUT2D eigenvalue weighted by Crippen LogP contribution is -2.28. The van der Waals surface area contributed by atoms with E-state index < -0.39 is 0 Å². The highest BCUT2D eigenvalue weighted by atomic mass is 79.9. The van der Waals surface area contributed by atoms with E-state index in [0.717, 1.165) is 34.2 Å². The molecule has 0 radical (unpaired) electrons. The lowest BCUT2D eigenvalue weighted by atomic mass is 10.1. The number of imidazole rings is 1. The summed E-state index contributed by atoms with van der Waals surface area (Å²) in [4.78, 5) is 8.89. The molecule has 1 N–H and O–H groups in total. The van der Waals surface area contributed by atoms with E-state index in [1.165, 1.54) is 5.56 Å². The Morgan fingerprint density at radius 1 is 1.27 bits per heavy atom. The zero-order chi connectivity index (χ0) is 15.5. The normalized spacial score (nSPS) is 12.7. The van der Waals surface area contributed by atoms with Gasteiger partial charge in [-0.1, -0.05) is 22.0 Å². The minimum absolute atomic E-state index is 0.346.